The molecule has 18 heavy (non-hydrogen) atoms. The smallest absolute Gasteiger partial charge is 0.303 e. The SMILES string of the molecule is CC(CC(=O)O)CC(=O)NN1C(C)CCCC1C. The Morgan fingerprint density at radius 1 is 1.28 bits per heavy atom. The molecule has 3 unspecified atom stereocenters. The van der Waals surface area contributed by atoms with Gasteiger partial charge in [0.05, 0.1) is 0 Å². The van der Waals surface area contributed by atoms with E-state index < -0.39 is 5.97 Å². The monoisotopic (exact) mass is 256 g/mol. The van der Waals surface area contributed by atoms with Crippen LogP contribution in [0.15, 0.2) is 0 Å². The molecule has 0 aromatic heterocycles. The lowest BCUT2D eigenvalue weighted by Gasteiger charge is -2.38. The Morgan fingerprint density at radius 3 is 2.33 bits per heavy atom. The number of nitrogens with one attached hydrogen (secondary N) is 1. The first-order valence-corrected chi connectivity index (χ1v) is 6.69. The van der Waals surface area contributed by atoms with Gasteiger partial charge in [-0.05, 0) is 32.6 Å². The van der Waals surface area contributed by atoms with Gasteiger partial charge in [-0.15, -0.1) is 0 Å². The van der Waals surface area contributed by atoms with Crippen molar-refractivity contribution in [3.63, 3.8) is 0 Å². The predicted octanol–water partition coefficient (Wildman–Crippen LogP) is 1.78. The zero-order valence-electron chi connectivity index (χ0n) is 11.5. The van der Waals surface area contributed by atoms with E-state index >= 15 is 0 Å². The molecule has 1 rings (SSSR count). The van der Waals surface area contributed by atoms with Crippen molar-refractivity contribution in [1.82, 2.24) is 10.4 Å². The van der Waals surface area contributed by atoms with E-state index in [9.17, 15) is 9.59 Å². The third-order valence-corrected chi connectivity index (χ3v) is 3.50. The van der Waals surface area contributed by atoms with Gasteiger partial charge < -0.3 is 5.11 Å². The molecule has 5 nitrogen and oxygen atoms in total. The van der Waals surface area contributed by atoms with Gasteiger partial charge in [0, 0.05) is 24.9 Å². The molecule has 104 valence electrons. The van der Waals surface area contributed by atoms with Crippen LogP contribution in [0.4, 0.5) is 0 Å². The molecule has 0 aromatic rings. The van der Waals surface area contributed by atoms with Crippen molar-refractivity contribution in [3.05, 3.63) is 0 Å². The van der Waals surface area contributed by atoms with E-state index in [1.54, 1.807) is 6.92 Å². The largest absolute Gasteiger partial charge is 0.481 e. The number of amides is 1. The molecule has 0 saturated carbocycles. The lowest BCUT2D eigenvalue weighted by Crippen LogP contribution is -2.54. The number of nitrogens with zero attached hydrogens (tertiary/aromatic N) is 1. The van der Waals surface area contributed by atoms with Gasteiger partial charge in [0.2, 0.25) is 5.91 Å². The molecular weight excluding hydrogens is 232 g/mol. The van der Waals surface area contributed by atoms with Gasteiger partial charge >= 0.3 is 5.97 Å². The fraction of sp³-hybridized carbons (Fsp3) is 0.846. The second kappa shape index (κ2) is 6.73. The van der Waals surface area contributed by atoms with Crippen molar-refractivity contribution in [2.75, 3.05) is 0 Å². The van der Waals surface area contributed by atoms with E-state index in [1.165, 1.54) is 6.42 Å². The number of carboxylic acid groups (broad SMARTS) is 1. The van der Waals surface area contributed by atoms with E-state index in [0.717, 1.165) is 12.8 Å². The summed E-state index contributed by atoms with van der Waals surface area (Å²) >= 11 is 0. The van der Waals surface area contributed by atoms with Gasteiger partial charge in [-0.25, -0.2) is 5.01 Å². The zero-order chi connectivity index (χ0) is 13.7. The standard InChI is InChI=1S/C13H24N2O3/c1-9(8-13(17)18)7-12(16)14-15-10(2)5-4-6-11(15)3/h9-11H,4-8H2,1-3H3,(H,14,16)(H,17,18). The van der Waals surface area contributed by atoms with E-state index in [0.29, 0.717) is 12.1 Å². The molecule has 0 aliphatic carbocycles. The first kappa shape index (κ1) is 15.0. The molecule has 1 aliphatic heterocycles. The zero-order valence-corrected chi connectivity index (χ0v) is 11.5. The highest BCUT2D eigenvalue weighted by atomic mass is 16.4. The minimum atomic E-state index is -0.852. The van der Waals surface area contributed by atoms with Gasteiger partial charge in [-0.3, -0.25) is 15.0 Å². The molecule has 3 atom stereocenters. The van der Waals surface area contributed by atoms with Crippen LogP contribution in [0.25, 0.3) is 0 Å². The topological polar surface area (TPSA) is 69.6 Å². The van der Waals surface area contributed by atoms with Gasteiger partial charge in [-0.2, -0.15) is 0 Å². The third-order valence-electron chi connectivity index (χ3n) is 3.50. The van der Waals surface area contributed by atoms with Crippen LogP contribution < -0.4 is 5.43 Å². The summed E-state index contributed by atoms with van der Waals surface area (Å²) in [5.41, 5.74) is 2.92. The summed E-state index contributed by atoms with van der Waals surface area (Å²) in [6.45, 7) is 6.00. The number of carbonyl (C=O) groups excluding carboxylic acids is 1. The highest BCUT2D eigenvalue weighted by Gasteiger charge is 2.26. The van der Waals surface area contributed by atoms with Gasteiger partial charge in [0.25, 0.3) is 0 Å². The number of aliphatic carboxylic acids is 1. The summed E-state index contributed by atoms with van der Waals surface area (Å²) in [4.78, 5) is 22.4. The average molecular weight is 256 g/mol. The maximum atomic E-state index is 11.8. The Labute approximate surface area is 109 Å². The fourth-order valence-electron chi connectivity index (χ4n) is 2.52. The van der Waals surface area contributed by atoms with E-state index in [4.69, 9.17) is 5.11 Å². The molecule has 1 heterocycles. The number of piperidine rings is 1. The Hall–Kier alpha value is -1.10. The Kier molecular flexibility index (Phi) is 5.59. The summed E-state index contributed by atoms with van der Waals surface area (Å²) in [6, 6.07) is 0.708. The summed E-state index contributed by atoms with van der Waals surface area (Å²) in [7, 11) is 0. The van der Waals surface area contributed by atoms with Crippen LogP contribution in [-0.2, 0) is 9.59 Å². The first-order valence-electron chi connectivity index (χ1n) is 6.69. The maximum Gasteiger partial charge on any atom is 0.303 e. The summed E-state index contributed by atoms with van der Waals surface area (Å²) in [6.07, 6.45) is 3.69. The normalized spacial score (nSPS) is 26.6. The summed E-state index contributed by atoms with van der Waals surface area (Å²) in [5, 5.41) is 10.7. The van der Waals surface area contributed by atoms with Crippen molar-refractivity contribution >= 4 is 11.9 Å². The second-order valence-corrected chi connectivity index (χ2v) is 5.48. The Morgan fingerprint density at radius 2 is 1.83 bits per heavy atom. The second-order valence-electron chi connectivity index (χ2n) is 5.48. The summed E-state index contributed by atoms with van der Waals surface area (Å²) in [5.74, 6) is -1.06. The molecular formula is C13H24N2O3. The molecule has 0 aromatic carbocycles. The van der Waals surface area contributed by atoms with Crippen molar-refractivity contribution in [3.8, 4) is 0 Å². The van der Waals surface area contributed by atoms with Crippen molar-refractivity contribution in [1.29, 1.82) is 0 Å². The number of hydrogen-bond acceptors (Lipinski definition) is 3. The lowest BCUT2D eigenvalue weighted by molar-refractivity contribution is -0.138. The predicted molar refractivity (Wildman–Crippen MR) is 68.8 cm³/mol. The van der Waals surface area contributed by atoms with Gasteiger partial charge in [0.1, 0.15) is 0 Å². The lowest BCUT2D eigenvalue weighted by atomic mass is 9.99. The fourth-order valence-corrected chi connectivity index (χ4v) is 2.52. The molecule has 1 amide bonds. The first-order chi connectivity index (χ1) is 8.40. The van der Waals surface area contributed by atoms with Crippen molar-refractivity contribution in [2.45, 2.75) is 65.0 Å². The van der Waals surface area contributed by atoms with Crippen LogP contribution in [-0.4, -0.2) is 34.1 Å². The van der Waals surface area contributed by atoms with E-state index in [-0.39, 0.29) is 24.7 Å². The average Bonchev–Trinajstić information content (AvgIpc) is 2.22. The number of carbonyl (C=O) groups is 2. The molecule has 0 radical (unpaired) electrons. The van der Waals surface area contributed by atoms with Crippen LogP contribution in [0.3, 0.4) is 0 Å². The number of hydrogen-bond donors (Lipinski definition) is 2. The van der Waals surface area contributed by atoms with Crippen LogP contribution in [0.1, 0.15) is 52.9 Å². The molecule has 5 heteroatoms. The maximum absolute atomic E-state index is 11.8. The highest BCUT2D eigenvalue weighted by Crippen LogP contribution is 2.20. The molecule has 2 N–H and O–H groups in total. The van der Waals surface area contributed by atoms with Crippen LogP contribution >= 0.6 is 0 Å². The van der Waals surface area contributed by atoms with Crippen LogP contribution in [0.2, 0.25) is 0 Å². The van der Waals surface area contributed by atoms with Crippen LogP contribution in [0.5, 0.6) is 0 Å². The summed E-state index contributed by atoms with van der Waals surface area (Å²) < 4.78 is 0. The Balaban J connectivity index is 2.41. The minimum Gasteiger partial charge on any atom is -0.481 e. The molecule has 1 fully saturated rings. The molecule has 0 bridgehead atoms. The quantitative estimate of drug-likeness (QED) is 0.786. The molecule has 1 aliphatic rings. The molecule has 0 spiro atoms. The van der Waals surface area contributed by atoms with E-state index in [2.05, 4.69) is 19.3 Å². The van der Waals surface area contributed by atoms with Crippen LogP contribution in [0, 0.1) is 5.92 Å². The Bertz CT molecular complexity index is 297. The number of hydrazine groups is 1. The van der Waals surface area contributed by atoms with E-state index in [1.807, 2.05) is 5.01 Å². The number of rotatable bonds is 5. The number of carboxylic acids is 1. The molecule has 1 saturated heterocycles. The van der Waals surface area contributed by atoms with Crippen molar-refractivity contribution in [2.24, 2.45) is 5.92 Å². The van der Waals surface area contributed by atoms with Gasteiger partial charge in [0.15, 0.2) is 0 Å². The van der Waals surface area contributed by atoms with Crippen molar-refractivity contribution < 1.29 is 14.7 Å². The minimum absolute atomic E-state index is 0.0402. The third kappa shape index (κ3) is 4.64. The highest BCUT2D eigenvalue weighted by molar-refractivity contribution is 5.76. The van der Waals surface area contributed by atoms with Gasteiger partial charge in [-0.1, -0.05) is 13.3 Å².